The number of piperidine rings is 1. The fourth-order valence-corrected chi connectivity index (χ4v) is 2.44. The van der Waals surface area contributed by atoms with Crippen molar-refractivity contribution in [3.8, 4) is 5.75 Å². The fraction of sp³-hybridized carbons (Fsp3) is 0.538. The number of hydrogen-bond acceptors (Lipinski definition) is 5. The Bertz CT molecular complexity index is 456. The Kier molecular flexibility index (Phi) is 4.21. The molecule has 0 bridgehead atoms. The Labute approximate surface area is 112 Å². The molecule has 1 saturated heterocycles. The van der Waals surface area contributed by atoms with Crippen LogP contribution in [0.5, 0.6) is 5.75 Å². The number of rotatable bonds is 4. The molecule has 2 rings (SSSR count). The highest BCUT2D eigenvalue weighted by atomic mass is 16.6. The maximum absolute atomic E-state index is 10.9. The van der Waals surface area contributed by atoms with E-state index in [2.05, 4.69) is 10.2 Å². The van der Waals surface area contributed by atoms with Crippen LogP contribution >= 0.6 is 0 Å². The Morgan fingerprint density at radius 3 is 2.63 bits per heavy atom. The van der Waals surface area contributed by atoms with Gasteiger partial charge in [-0.25, -0.2) is 0 Å². The largest absolute Gasteiger partial charge is 0.490 e. The third-order valence-electron chi connectivity index (χ3n) is 3.63. The molecule has 0 spiro atoms. The second-order valence-corrected chi connectivity index (χ2v) is 4.66. The first-order valence-corrected chi connectivity index (χ1v) is 6.40. The molecule has 6 nitrogen and oxygen atoms in total. The maximum Gasteiger partial charge on any atom is 0.311 e. The van der Waals surface area contributed by atoms with Gasteiger partial charge in [-0.05, 0) is 26.0 Å². The Hall–Kier alpha value is -1.82. The number of methoxy groups -OCH3 is 1. The molecule has 0 aromatic heterocycles. The lowest BCUT2D eigenvalue weighted by atomic mass is 10.0. The molecule has 1 aromatic rings. The summed E-state index contributed by atoms with van der Waals surface area (Å²) in [6, 6.07) is 5.62. The summed E-state index contributed by atoms with van der Waals surface area (Å²) in [5.74, 6) is 0.318. The van der Waals surface area contributed by atoms with Gasteiger partial charge in [0.15, 0.2) is 5.75 Å². The summed E-state index contributed by atoms with van der Waals surface area (Å²) in [5, 5.41) is 14.1. The summed E-state index contributed by atoms with van der Waals surface area (Å²) in [6.45, 7) is 1.90. The molecule has 1 N–H and O–H groups in total. The van der Waals surface area contributed by atoms with Gasteiger partial charge in [0, 0.05) is 37.0 Å². The van der Waals surface area contributed by atoms with Crippen LogP contribution in [0.1, 0.15) is 12.8 Å². The van der Waals surface area contributed by atoms with E-state index in [1.54, 1.807) is 12.1 Å². The van der Waals surface area contributed by atoms with E-state index in [4.69, 9.17) is 4.74 Å². The Balaban J connectivity index is 2.15. The van der Waals surface area contributed by atoms with Gasteiger partial charge in [-0.2, -0.15) is 0 Å². The molecule has 0 unspecified atom stereocenters. The summed E-state index contributed by atoms with van der Waals surface area (Å²) < 4.78 is 5.10. The van der Waals surface area contributed by atoms with Gasteiger partial charge in [-0.15, -0.1) is 0 Å². The average molecular weight is 265 g/mol. The Morgan fingerprint density at radius 2 is 2.11 bits per heavy atom. The van der Waals surface area contributed by atoms with Crippen molar-refractivity contribution in [2.24, 2.45) is 0 Å². The smallest absolute Gasteiger partial charge is 0.311 e. The summed E-state index contributed by atoms with van der Waals surface area (Å²) in [7, 11) is 3.44. The van der Waals surface area contributed by atoms with Crippen molar-refractivity contribution in [3.05, 3.63) is 28.3 Å². The normalized spacial score (nSPS) is 16.4. The van der Waals surface area contributed by atoms with E-state index in [0.717, 1.165) is 31.6 Å². The van der Waals surface area contributed by atoms with E-state index in [9.17, 15) is 10.1 Å². The first-order chi connectivity index (χ1) is 9.15. The van der Waals surface area contributed by atoms with Crippen molar-refractivity contribution in [3.63, 3.8) is 0 Å². The van der Waals surface area contributed by atoms with Crippen molar-refractivity contribution in [2.75, 3.05) is 32.1 Å². The van der Waals surface area contributed by atoms with Crippen molar-refractivity contribution in [2.45, 2.75) is 18.9 Å². The minimum Gasteiger partial charge on any atom is -0.490 e. The van der Waals surface area contributed by atoms with Crippen LogP contribution in [0.25, 0.3) is 0 Å². The van der Waals surface area contributed by atoms with E-state index in [0.29, 0.717) is 11.8 Å². The highest BCUT2D eigenvalue weighted by Crippen LogP contribution is 2.32. The van der Waals surface area contributed by atoms with Gasteiger partial charge < -0.3 is 15.0 Å². The number of nitro benzene ring substituents is 1. The Morgan fingerprint density at radius 1 is 1.42 bits per heavy atom. The van der Waals surface area contributed by atoms with Crippen LogP contribution in [-0.4, -0.2) is 38.2 Å². The van der Waals surface area contributed by atoms with Gasteiger partial charge in [-0.1, -0.05) is 0 Å². The minimum atomic E-state index is -0.421. The van der Waals surface area contributed by atoms with E-state index in [1.807, 2.05) is 7.05 Å². The third kappa shape index (κ3) is 2.96. The third-order valence-corrected chi connectivity index (χ3v) is 3.63. The van der Waals surface area contributed by atoms with Crippen LogP contribution in [0.2, 0.25) is 0 Å². The predicted octanol–water partition coefficient (Wildman–Crippen LogP) is 1.79. The number of anilines is 1. The number of nitro groups is 1. The molecule has 0 aliphatic carbocycles. The zero-order valence-corrected chi connectivity index (χ0v) is 11.3. The van der Waals surface area contributed by atoms with Crippen molar-refractivity contribution < 1.29 is 9.66 Å². The number of benzene rings is 1. The lowest BCUT2D eigenvalue weighted by Gasteiger charge is -2.33. The summed E-state index contributed by atoms with van der Waals surface area (Å²) >= 11 is 0. The van der Waals surface area contributed by atoms with Crippen molar-refractivity contribution >= 4 is 11.4 Å². The number of nitrogens with zero attached hydrogens (tertiary/aromatic N) is 2. The first-order valence-electron chi connectivity index (χ1n) is 6.40. The highest BCUT2D eigenvalue weighted by Gasteiger charge is 2.21. The molecule has 1 heterocycles. The van der Waals surface area contributed by atoms with Crippen molar-refractivity contribution in [1.82, 2.24) is 5.32 Å². The number of hydrogen-bond donors (Lipinski definition) is 1. The van der Waals surface area contributed by atoms with Crippen LogP contribution in [0, 0.1) is 10.1 Å². The maximum atomic E-state index is 10.9. The zero-order valence-electron chi connectivity index (χ0n) is 11.3. The molecule has 19 heavy (non-hydrogen) atoms. The molecule has 1 aliphatic heterocycles. The number of ether oxygens (including phenoxy) is 1. The zero-order chi connectivity index (χ0) is 13.8. The lowest BCUT2D eigenvalue weighted by molar-refractivity contribution is -0.385. The predicted molar refractivity (Wildman–Crippen MR) is 73.9 cm³/mol. The van der Waals surface area contributed by atoms with E-state index in [-0.39, 0.29) is 5.69 Å². The second-order valence-electron chi connectivity index (χ2n) is 4.66. The van der Waals surface area contributed by atoms with Gasteiger partial charge in [0.25, 0.3) is 0 Å². The molecular weight excluding hydrogens is 246 g/mol. The number of nitrogens with one attached hydrogen (secondary N) is 1. The van der Waals surface area contributed by atoms with Crippen molar-refractivity contribution in [1.29, 1.82) is 0 Å². The van der Waals surface area contributed by atoms with Crippen LogP contribution in [0.4, 0.5) is 11.4 Å². The molecule has 0 saturated carbocycles. The van der Waals surface area contributed by atoms with Crippen LogP contribution < -0.4 is 15.0 Å². The SMILES string of the molecule is CNC1CCN(c2ccc([N+](=O)[O-])c(OC)c2)CC1. The van der Waals surface area contributed by atoms with Gasteiger partial charge in [0.2, 0.25) is 0 Å². The summed E-state index contributed by atoms with van der Waals surface area (Å²) in [6.07, 6.45) is 2.16. The van der Waals surface area contributed by atoms with Gasteiger partial charge in [0.05, 0.1) is 12.0 Å². The minimum absolute atomic E-state index is 0.0105. The molecule has 1 fully saturated rings. The second kappa shape index (κ2) is 5.88. The lowest BCUT2D eigenvalue weighted by Crippen LogP contribution is -2.41. The molecule has 104 valence electrons. The summed E-state index contributed by atoms with van der Waals surface area (Å²) in [5.41, 5.74) is 0.994. The van der Waals surface area contributed by atoms with Crippen LogP contribution in [0.15, 0.2) is 18.2 Å². The first kappa shape index (κ1) is 13.6. The quantitative estimate of drug-likeness (QED) is 0.664. The highest BCUT2D eigenvalue weighted by molar-refractivity contribution is 5.59. The summed E-state index contributed by atoms with van der Waals surface area (Å²) in [4.78, 5) is 12.7. The van der Waals surface area contributed by atoms with Gasteiger partial charge >= 0.3 is 5.69 Å². The topological polar surface area (TPSA) is 67.6 Å². The van der Waals surface area contributed by atoms with Crippen LogP contribution in [-0.2, 0) is 0 Å². The molecular formula is C13H19N3O3. The van der Waals surface area contributed by atoms with E-state index < -0.39 is 4.92 Å². The van der Waals surface area contributed by atoms with Gasteiger partial charge in [-0.3, -0.25) is 10.1 Å². The molecule has 0 atom stereocenters. The van der Waals surface area contributed by atoms with E-state index in [1.165, 1.54) is 13.2 Å². The molecule has 0 radical (unpaired) electrons. The van der Waals surface area contributed by atoms with Gasteiger partial charge in [0.1, 0.15) is 0 Å². The monoisotopic (exact) mass is 265 g/mol. The molecule has 6 heteroatoms. The average Bonchev–Trinajstić information content (AvgIpc) is 2.46. The molecule has 1 aliphatic rings. The van der Waals surface area contributed by atoms with Crippen LogP contribution in [0.3, 0.4) is 0 Å². The molecule has 0 amide bonds. The standard InChI is InChI=1S/C13H19N3O3/c1-14-10-5-7-15(8-6-10)11-3-4-12(16(17)18)13(9-11)19-2/h3-4,9-10,14H,5-8H2,1-2H3. The van der Waals surface area contributed by atoms with E-state index >= 15 is 0 Å². The molecule has 1 aromatic carbocycles. The fourth-order valence-electron chi connectivity index (χ4n) is 2.44.